The fourth-order valence-corrected chi connectivity index (χ4v) is 20.2. The third-order valence-corrected chi connectivity index (χ3v) is 19.2. The molecule has 3 fully saturated rings. The van der Waals surface area contributed by atoms with Gasteiger partial charge in [0, 0.05) is 23.9 Å². The summed E-state index contributed by atoms with van der Waals surface area (Å²) in [6.45, 7) is 0. The van der Waals surface area contributed by atoms with Crippen LogP contribution in [0.4, 0.5) is 0 Å². The molecule has 10 N–H and O–H groups in total. The van der Waals surface area contributed by atoms with E-state index < -0.39 is 19.8 Å². The van der Waals surface area contributed by atoms with Gasteiger partial charge in [-0.2, -0.15) is 0 Å². The first-order valence-corrected chi connectivity index (χ1v) is 14.3. The van der Waals surface area contributed by atoms with E-state index in [0.717, 1.165) is 0 Å². The molecule has 0 bridgehead atoms. The van der Waals surface area contributed by atoms with Gasteiger partial charge in [-0.3, -0.25) is 0 Å². The van der Waals surface area contributed by atoms with E-state index in [1.807, 2.05) is 0 Å². The monoisotopic (exact) mass is 579 g/mol. The molecule has 3 saturated carbocycles. The van der Waals surface area contributed by atoms with Crippen LogP contribution in [0.5, 0.6) is 0 Å². The minimum absolute atomic E-state index is 0. The molecule has 3 rings (SSSR count). The fraction of sp³-hybridized carbons (Fsp3) is 1.00. The third kappa shape index (κ3) is 9.94. The zero-order valence-electron chi connectivity index (χ0n) is 15.8. The van der Waals surface area contributed by atoms with E-state index in [2.05, 4.69) is 0 Å². The van der Waals surface area contributed by atoms with Crippen molar-refractivity contribution in [2.75, 3.05) is 0 Å². The SMILES string of the molecule is C1CC[CH]([Sn]([CH]2CCCCC2)[CH]2CCCCC2)CC1.O.O.O.O.O.[Sn]. The second kappa shape index (κ2) is 18.7. The Morgan fingerprint density at radius 3 is 0.760 bits per heavy atom. The number of rotatable bonds is 3. The van der Waals surface area contributed by atoms with Crippen molar-refractivity contribution in [2.24, 2.45) is 0 Å². The van der Waals surface area contributed by atoms with Gasteiger partial charge < -0.3 is 27.4 Å². The van der Waals surface area contributed by atoms with Gasteiger partial charge in [-0.25, -0.2) is 0 Å². The third-order valence-electron chi connectivity index (χ3n) is 6.23. The Bertz CT molecular complexity index is 223. The molecule has 0 spiro atoms. The van der Waals surface area contributed by atoms with Gasteiger partial charge in [-0.05, 0) is 0 Å². The summed E-state index contributed by atoms with van der Waals surface area (Å²) >= 11 is -1.15. The van der Waals surface area contributed by atoms with Gasteiger partial charge in [0.1, 0.15) is 0 Å². The van der Waals surface area contributed by atoms with E-state index in [4.69, 9.17) is 0 Å². The van der Waals surface area contributed by atoms with Crippen LogP contribution in [0.3, 0.4) is 0 Å². The quantitative estimate of drug-likeness (QED) is 0.450. The van der Waals surface area contributed by atoms with Crippen molar-refractivity contribution in [3.8, 4) is 0 Å². The van der Waals surface area contributed by atoms with Gasteiger partial charge in [-0.1, -0.05) is 0 Å². The molecule has 3 aliphatic rings. The Morgan fingerprint density at radius 2 is 0.560 bits per heavy atom. The van der Waals surface area contributed by atoms with Crippen LogP contribution in [0, 0.1) is 0 Å². The summed E-state index contributed by atoms with van der Waals surface area (Å²) in [6.07, 6.45) is 24.2. The topological polar surface area (TPSA) is 158 Å². The van der Waals surface area contributed by atoms with Crippen molar-refractivity contribution < 1.29 is 27.4 Å². The van der Waals surface area contributed by atoms with Crippen molar-refractivity contribution in [3.05, 3.63) is 0 Å². The van der Waals surface area contributed by atoms with Gasteiger partial charge in [-0.15, -0.1) is 0 Å². The molecule has 0 aromatic rings. The van der Waals surface area contributed by atoms with Crippen LogP contribution in [0.2, 0.25) is 11.8 Å². The van der Waals surface area contributed by atoms with Crippen molar-refractivity contribution in [1.82, 2.24) is 0 Å². The predicted octanol–water partition coefficient (Wildman–Crippen LogP) is 1.98. The molecule has 0 atom stereocenters. The Balaban J connectivity index is -0.000000367. The molecule has 0 unspecified atom stereocenters. The first-order valence-electron chi connectivity index (χ1n) is 9.32. The molecule has 3 aliphatic carbocycles. The molecule has 0 aliphatic heterocycles. The van der Waals surface area contributed by atoms with E-state index in [-0.39, 0.29) is 51.3 Å². The van der Waals surface area contributed by atoms with Crippen LogP contribution in [0.15, 0.2) is 0 Å². The molecule has 25 heavy (non-hydrogen) atoms. The molecule has 0 heterocycles. The van der Waals surface area contributed by atoms with Crippen LogP contribution in [-0.4, -0.2) is 71.0 Å². The predicted molar refractivity (Wildman–Crippen MR) is 110 cm³/mol. The minimum Gasteiger partial charge on any atom is -0.412 e. The largest absolute Gasteiger partial charge is 0.412 e. The Hall–Kier alpha value is 1.40. The van der Waals surface area contributed by atoms with Crippen LogP contribution in [0.1, 0.15) is 96.3 Å². The van der Waals surface area contributed by atoms with Crippen LogP contribution < -0.4 is 0 Å². The minimum atomic E-state index is -1.15. The zero-order chi connectivity index (χ0) is 12.9. The maximum atomic E-state index is 1.67. The van der Waals surface area contributed by atoms with E-state index in [9.17, 15) is 0 Å². The molecule has 0 amide bonds. The van der Waals surface area contributed by atoms with E-state index in [1.165, 1.54) is 11.8 Å². The second-order valence-corrected chi connectivity index (χ2v) is 17.3. The summed E-state index contributed by atoms with van der Waals surface area (Å²) in [4.78, 5) is 0. The summed E-state index contributed by atoms with van der Waals surface area (Å²) in [6, 6.07) is 0. The molecular weight excluding hydrogens is 534 g/mol. The zero-order valence-corrected chi connectivity index (χ0v) is 21.5. The standard InChI is InChI=1S/3C6H11.5H2O.2Sn/c3*1-2-4-6-5-3-1;;;;;;;/h3*1H,2-6H2;5*1H2;;. The molecule has 0 aromatic heterocycles. The maximum absolute atomic E-state index is 1.67. The Labute approximate surface area is 178 Å². The van der Waals surface area contributed by atoms with Gasteiger partial charge in [0.25, 0.3) is 0 Å². The summed E-state index contributed by atoms with van der Waals surface area (Å²) in [5.41, 5.74) is 0. The first kappa shape index (κ1) is 33.9. The van der Waals surface area contributed by atoms with Crippen molar-refractivity contribution >= 4 is 43.7 Å². The molecule has 5 nitrogen and oxygen atoms in total. The second-order valence-electron chi connectivity index (χ2n) is 7.50. The average molecular weight is 577 g/mol. The van der Waals surface area contributed by atoms with Gasteiger partial charge >= 0.3 is 128 Å². The summed E-state index contributed by atoms with van der Waals surface area (Å²) in [5, 5.41) is 0. The Morgan fingerprint density at radius 1 is 0.360 bits per heavy atom. The van der Waals surface area contributed by atoms with Crippen LogP contribution in [0.25, 0.3) is 0 Å². The molecule has 0 saturated heterocycles. The normalized spacial score (nSPS) is 22.0. The van der Waals surface area contributed by atoms with Gasteiger partial charge in [0.15, 0.2) is 0 Å². The number of hydrogen-bond acceptors (Lipinski definition) is 0. The molecule has 7 heteroatoms. The molecule has 5 radical (unpaired) electrons. The van der Waals surface area contributed by atoms with Gasteiger partial charge in [0.2, 0.25) is 0 Å². The summed E-state index contributed by atoms with van der Waals surface area (Å²) in [7, 11) is 0. The average Bonchev–Trinajstić information content (AvgIpc) is 2.51. The van der Waals surface area contributed by atoms with E-state index >= 15 is 0 Å². The Kier molecular flexibility index (Phi) is 25.5. The molecular formula is C18H43O5Sn2. The van der Waals surface area contributed by atoms with E-state index in [0.29, 0.717) is 0 Å². The smallest absolute Gasteiger partial charge is 0 e. The fourth-order valence-electron chi connectivity index (χ4n) is 5.31. The maximum Gasteiger partial charge on any atom is 0 e. The van der Waals surface area contributed by atoms with Crippen LogP contribution >= 0.6 is 0 Å². The molecule has 0 aromatic carbocycles. The first-order chi connectivity index (χ1) is 9.45. The van der Waals surface area contributed by atoms with Gasteiger partial charge in [0.05, 0.1) is 0 Å². The number of hydrogen-bond donors (Lipinski definition) is 0. The molecule has 153 valence electrons. The van der Waals surface area contributed by atoms with Crippen molar-refractivity contribution in [2.45, 2.75) is 108 Å². The van der Waals surface area contributed by atoms with E-state index in [1.54, 1.807) is 96.3 Å². The summed E-state index contributed by atoms with van der Waals surface area (Å²) < 4.78 is 3.96. The van der Waals surface area contributed by atoms with Crippen molar-refractivity contribution in [3.63, 3.8) is 0 Å². The van der Waals surface area contributed by atoms with Crippen molar-refractivity contribution in [1.29, 1.82) is 0 Å². The summed E-state index contributed by atoms with van der Waals surface area (Å²) in [5.74, 6) is 0. The van der Waals surface area contributed by atoms with Crippen LogP contribution in [-0.2, 0) is 0 Å².